The summed E-state index contributed by atoms with van der Waals surface area (Å²) in [7, 11) is 1.56. The van der Waals surface area contributed by atoms with Crippen molar-refractivity contribution in [3.8, 4) is 0 Å². The van der Waals surface area contributed by atoms with Gasteiger partial charge in [-0.05, 0) is 7.05 Å². The van der Waals surface area contributed by atoms with Crippen LogP contribution < -0.4 is 5.32 Å². The molecule has 1 heterocycles. The van der Waals surface area contributed by atoms with Gasteiger partial charge >= 0.3 is 5.97 Å². The van der Waals surface area contributed by atoms with Crippen LogP contribution in [0.25, 0.3) is 0 Å². The van der Waals surface area contributed by atoms with Crippen LogP contribution in [0.15, 0.2) is 0 Å². The molecule has 0 saturated carbocycles. The summed E-state index contributed by atoms with van der Waals surface area (Å²) < 4.78 is 0. The maximum absolute atomic E-state index is 10.9. The quantitative estimate of drug-likeness (QED) is 0.621. The Morgan fingerprint density at radius 2 is 1.93 bits per heavy atom. The van der Waals surface area contributed by atoms with Gasteiger partial charge in [-0.25, -0.2) is 4.79 Å². The second-order valence-electron chi connectivity index (χ2n) is 2.58. The Balaban J connectivity index is 0.00000169. The number of hydrogen-bond donors (Lipinski definition) is 1. The molecule has 0 aromatic rings. The second kappa shape index (κ2) is 5.33. The predicted octanol–water partition coefficient (Wildman–Crippen LogP) is -0.551. The molecule has 2 amide bonds. The predicted molar refractivity (Wildman–Crippen MR) is 47.8 cm³/mol. The lowest BCUT2D eigenvalue weighted by Gasteiger charge is -2.11. The van der Waals surface area contributed by atoms with Gasteiger partial charge in [0.05, 0.1) is 6.54 Å². The molecule has 1 rings (SSSR count). The Labute approximate surface area is 82.2 Å². The minimum atomic E-state index is -0.647. The molecule has 0 atom stereocenters. The first-order valence-electron chi connectivity index (χ1n) is 3.86. The number of carbonyl (C=O) groups is 3. The van der Waals surface area contributed by atoms with E-state index in [1.807, 2.05) is 0 Å². The fourth-order valence-corrected chi connectivity index (χ4v) is 0.936. The van der Waals surface area contributed by atoms with Crippen LogP contribution in [-0.4, -0.2) is 36.4 Å². The number of nitrogens with one attached hydrogen (secondary N) is 1. The molecule has 0 bridgehead atoms. The van der Waals surface area contributed by atoms with Crippen molar-refractivity contribution in [2.75, 3.05) is 13.6 Å². The van der Waals surface area contributed by atoms with Crippen molar-refractivity contribution in [3.05, 3.63) is 0 Å². The zero-order chi connectivity index (χ0) is 9.84. The SMILES string of the molecule is C.CNCC(=O)ON1C(=O)CCC1=O. The highest BCUT2D eigenvalue weighted by atomic mass is 16.7. The lowest BCUT2D eigenvalue weighted by molar-refractivity contribution is -0.196. The van der Waals surface area contributed by atoms with Crippen molar-refractivity contribution in [2.24, 2.45) is 0 Å². The van der Waals surface area contributed by atoms with Gasteiger partial charge in [-0.3, -0.25) is 9.59 Å². The average molecular weight is 202 g/mol. The van der Waals surface area contributed by atoms with Gasteiger partial charge in [0.2, 0.25) is 0 Å². The minimum Gasteiger partial charge on any atom is -0.329 e. The third kappa shape index (κ3) is 2.81. The fourth-order valence-electron chi connectivity index (χ4n) is 0.936. The Morgan fingerprint density at radius 1 is 1.43 bits per heavy atom. The molecule has 1 N–H and O–H groups in total. The topological polar surface area (TPSA) is 75.7 Å². The standard InChI is InChI=1S/C7H10N2O4.CH4/c1-8-4-7(12)13-9-5(10)2-3-6(9)11;/h8H,2-4H2,1H3;1H4. The smallest absolute Gasteiger partial charge is 0.329 e. The average Bonchev–Trinajstić information content (AvgIpc) is 2.36. The van der Waals surface area contributed by atoms with Gasteiger partial charge in [0.25, 0.3) is 11.8 Å². The normalized spacial score (nSPS) is 15.4. The van der Waals surface area contributed by atoms with E-state index >= 15 is 0 Å². The van der Waals surface area contributed by atoms with Gasteiger partial charge in [-0.1, -0.05) is 7.43 Å². The van der Waals surface area contributed by atoms with Gasteiger partial charge in [0, 0.05) is 12.8 Å². The lowest BCUT2D eigenvalue weighted by Crippen LogP contribution is -2.35. The van der Waals surface area contributed by atoms with Crippen LogP contribution in [0.1, 0.15) is 20.3 Å². The van der Waals surface area contributed by atoms with E-state index in [4.69, 9.17) is 0 Å². The monoisotopic (exact) mass is 202 g/mol. The Kier molecular flexibility index (Phi) is 4.79. The fraction of sp³-hybridized carbons (Fsp3) is 0.625. The number of likely N-dealkylation sites (N-methyl/N-ethyl adjacent to an activating group) is 1. The minimum absolute atomic E-state index is 0. The summed E-state index contributed by atoms with van der Waals surface area (Å²) in [5.74, 6) is -1.57. The zero-order valence-corrected chi connectivity index (χ0v) is 7.20. The first kappa shape index (κ1) is 12.6. The molecule has 6 nitrogen and oxygen atoms in total. The van der Waals surface area contributed by atoms with Gasteiger partial charge in [-0.15, -0.1) is 5.06 Å². The number of carbonyl (C=O) groups excluding carboxylic acids is 3. The first-order valence-corrected chi connectivity index (χ1v) is 3.86. The number of nitrogens with zero attached hydrogens (tertiary/aromatic N) is 1. The van der Waals surface area contributed by atoms with Crippen LogP contribution in [0, 0.1) is 0 Å². The van der Waals surface area contributed by atoms with E-state index in [1.54, 1.807) is 7.05 Å². The van der Waals surface area contributed by atoms with Crippen molar-refractivity contribution in [1.82, 2.24) is 10.4 Å². The number of hydroxylamine groups is 2. The van der Waals surface area contributed by atoms with Crippen molar-refractivity contribution in [2.45, 2.75) is 20.3 Å². The first-order chi connectivity index (χ1) is 6.15. The number of hydrogen-bond acceptors (Lipinski definition) is 5. The summed E-state index contributed by atoms with van der Waals surface area (Å²) in [5, 5.41) is 3.07. The third-order valence-corrected chi connectivity index (χ3v) is 1.52. The highest BCUT2D eigenvalue weighted by Crippen LogP contribution is 2.11. The highest BCUT2D eigenvalue weighted by Gasteiger charge is 2.32. The Morgan fingerprint density at radius 3 is 2.36 bits per heavy atom. The summed E-state index contributed by atoms with van der Waals surface area (Å²) in [6, 6.07) is 0. The molecule has 6 heteroatoms. The van der Waals surface area contributed by atoms with E-state index in [0.29, 0.717) is 5.06 Å². The Bertz CT molecular complexity index is 236. The van der Waals surface area contributed by atoms with Crippen LogP contribution in [0.5, 0.6) is 0 Å². The van der Waals surface area contributed by atoms with Crippen molar-refractivity contribution >= 4 is 17.8 Å². The van der Waals surface area contributed by atoms with E-state index in [2.05, 4.69) is 10.2 Å². The molecule has 14 heavy (non-hydrogen) atoms. The largest absolute Gasteiger partial charge is 0.346 e. The summed E-state index contributed by atoms with van der Waals surface area (Å²) in [6.07, 6.45) is 0.233. The van der Waals surface area contributed by atoms with Crippen molar-refractivity contribution in [3.63, 3.8) is 0 Å². The molecule has 0 unspecified atom stereocenters. The van der Waals surface area contributed by atoms with E-state index in [9.17, 15) is 14.4 Å². The molecule has 1 saturated heterocycles. The number of amides is 2. The van der Waals surface area contributed by atoms with Crippen LogP contribution in [0.3, 0.4) is 0 Å². The van der Waals surface area contributed by atoms with Crippen LogP contribution in [0.4, 0.5) is 0 Å². The van der Waals surface area contributed by atoms with Gasteiger partial charge in [-0.2, -0.15) is 0 Å². The summed E-state index contributed by atoms with van der Waals surface area (Å²) in [5.41, 5.74) is 0. The molecule has 0 aliphatic carbocycles. The van der Waals surface area contributed by atoms with E-state index in [1.165, 1.54) is 0 Å². The van der Waals surface area contributed by atoms with E-state index in [-0.39, 0.29) is 26.8 Å². The number of rotatable bonds is 3. The molecule has 1 aliphatic rings. The van der Waals surface area contributed by atoms with Crippen LogP contribution in [-0.2, 0) is 19.2 Å². The maximum atomic E-state index is 10.9. The van der Waals surface area contributed by atoms with Gasteiger partial charge < -0.3 is 10.2 Å². The van der Waals surface area contributed by atoms with E-state index < -0.39 is 17.8 Å². The second-order valence-corrected chi connectivity index (χ2v) is 2.58. The van der Waals surface area contributed by atoms with E-state index in [0.717, 1.165) is 0 Å². The molecular formula is C8H14N2O4. The summed E-state index contributed by atoms with van der Waals surface area (Å²) in [6.45, 7) is -0.0307. The van der Waals surface area contributed by atoms with Gasteiger partial charge in [0.15, 0.2) is 0 Å². The molecule has 0 aromatic heterocycles. The van der Waals surface area contributed by atoms with Crippen LogP contribution in [0.2, 0.25) is 0 Å². The Hall–Kier alpha value is -1.43. The van der Waals surface area contributed by atoms with Gasteiger partial charge in [0.1, 0.15) is 0 Å². The van der Waals surface area contributed by atoms with Crippen molar-refractivity contribution in [1.29, 1.82) is 0 Å². The summed E-state index contributed by atoms with van der Waals surface area (Å²) >= 11 is 0. The molecule has 0 radical (unpaired) electrons. The highest BCUT2D eigenvalue weighted by molar-refractivity contribution is 6.01. The maximum Gasteiger partial charge on any atom is 0.346 e. The molecule has 1 fully saturated rings. The van der Waals surface area contributed by atoms with Crippen LogP contribution >= 0.6 is 0 Å². The lowest BCUT2D eigenvalue weighted by atomic mass is 10.4. The summed E-state index contributed by atoms with van der Waals surface area (Å²) in [4.78, 5) is 37.2. The molecule has 0 aromatic carbocycles. The molecule has 80 valence electrons. The molecular weight excluding hydrogens is 188 g/mol. The molecule has 1 aliphatic heterocycles. The molecule has 0 spiro atoms. The third-order valence-electron chi connectivity index (χ3n) is 1.52. The van der Waals surface area contributed by atoms with Crippen molar-refractivity contribution < 1.29 is 19.2 Å². The number of imide groups is 1. The zero-order valence-electron chi connectivity index (χ0n) is 7.20.